The number of anilines is 2. The average molecular weight is 435 g/mol. The third-order valence-electron chi connectivity index (χ3n) is 5.15. The molecule has 0 aliphatic carbocycles. The lowest BCUT2D eigenvalue weighted by Crippen LogP contribution is -2.50. The largest absolute Gasteiger partial charge is 0.478 e. The van der Waals surface area contributed by atoms with Crippen LogP contribution in [0.1, 0.15) is 11.7 Å². The molecule has 1 heterocycles. The fourth-order valence-electron chi connectivity index (χ4n) is 3.82. The molecule has 1 atom stereocenters. The lowest BCUT2D eigenvalue weighted by Gasteiger charge is -2.46. The van der Waals surface area contributed by atoms with Crippen LogP contribution in [0.4, 0.5) is 11.4 Å². The molecule has 1 unspecified atom stereocenters. The third kappa shape index (κ3) is 3.98. The van der Waals surface area contributed by atoms with E-state index < -0.39 is 18.1 Å². The third-order valence-corrected chi connectivity index (χ3v) is 5.40. The van der Waals surface area contributed by atoms with Gasteiger partial charge in [-0.3, -0.25) is 0 Å². The Morgan fingerprint density at radius 2 is 1.35 bits per heavy atom. The zero-order valence-corrected chi connectivity index (χ0v) is 17.1. The highest BCUT2D eigenvalue weighted by Crippen LogP contribution is 2.41. The minimum atomic E-state index is -1.30. The van der Waals surface area contributed by atoms with Crippen LogP contribution in [0.5, 0.6) is 0 Å². The van der Waals surface area contributed by atoms with Crippen molar-refractivity contribution in [1.29, 1.82) is 0 Å². The molecule has 6 nitrogen and oxygen atoms in total. The SMILES string of the molecule is O=C(O)C1=C(C(=O)O)N(c2ccc(Cl)cc2)C(c2ccccc2)N(c2ccccc2)C1. The number of hydrogen-bond acceptors (Lipinski definition) is 4. The van der Waals surface area contributed by atoms with Gasteiger partial charge >= 0.3 is 11.9 Å². The van der Waals surface area contributed by atoms with Gasteiger partial charge in [0.15, 0.2) is 0 Å². The zero-order valence-electron chi connectivity index (χ0n) is 16.4. The van der Waals surface area contributed by atoms with E-state index >= 15 is 0 Å². The molecule has 1 aliphatic rings. The number of carboxylic acids is 2. The molecule has 0 amide bonds. The van der Waals surface area contributed by atoms with E-state index in [1.165, 1.54) is 0 Å². The van der Waals surface area contributed by atoms with Crippen molar-refractivity contribution < 1.29 is 19.8 Å². The summed E-state index contributed by atoms with van der Waals surface area (Å²) in [6, 6.07) is 25.4. The molecule has 0 bridgehead atoms. The van der Waals surface area contributed by atoms with Crippen LogP contribution in [-0.4, -0.2) is 28.7 Å². The number of nitrogens with zero attached hydrogens (tertiary/aromatic N) is 2. The molecule has 0 saturated heterocycles. The number of benzene rings is 3. The molecule has 4 rings (SSSR count). The van der Waals surface area contributed by atoms with Crippen molar-refractivity contribution in [1.82, 2.24) is 0 Å². The van der Waals surface area contributed by atoms with E-state index in [4.69, 9.17) is 11.6 Å². The summed E-state index contributed by atoms with van der Waals surface area (Å²) >= 11 is 6.06. The van der Waals surface area contributed by atoms with E-state index in [-0.39, 0.29) is 17.8 Å². The number of rotatable bonds is 5. The van der Waals surface area contributed by atoms with Crippen LogP contribution < -0.4 is 9.80 Å². The van der Waals surface area contributed by atoms with Crippen LogP contribution in [0.3, 0.4) is 0 Å². The Morgan fingerprint density at radius 1 is 0.774 bits per heavy atom. The molecule has 7 heteroatoms. The van der Waals surface area contributed by atoms with Crippen molar-refractivity contribution in [2.24, 2.45) is 0 Å². The Balaban J connectivity index is 2.02. The predicted molar refractivity (Wildman–Crippen MR) is 119 cm³/mol. The molecule has 0 radical (unpaired) electrons. The van der Waals surface area contributed by atoms with Gasteiger partial charge in [0.25, 0.3) is 0 Å². The summed E-state index contributed by atoms with van der Waals surface area (Å²) in [6.45, 7) is -0.0649. The number of carboxylic acid groups (broad SMARTS) is 2. The fourth-order valence-corrected chi connectivity index (χ4v) is 3.94. The molecule has 0 aromatic heterocycles. The number of halogens is 1. The summed E-state index contributed by atoms with van der Waals surface area (Å²) in [4.78, 5) is 27.9. The van der Waals surface area contributed by atoms with E-state index in [0.717, 1.165) is 11.3 Å². The lowest BCUT2D eigenvalue weighted by molar-refractivity contribution is -0.136. The molecule has 3 aromatic carbocycles. The van der Waals surface area contributed by atoms with Gasteiger partial charge in [0.2, 0.25) is 0 Å². The molecular weight excluding hydrogens is 416 g/mol. The summed E-state index contributed by atoms with van der Waals surface area (Å²) in [6.07, 6.45) is -0.584. The molecule has 0 saturated carbocycles. The lowest BCUT2D eigenvalue weighted by atomic mass is 10.00. The molecule has 156 valence electrons. The van der Waals surface area contributed by atoms with Gasteiger partial charge in [0, 0.05) is 16.4 Å². The molecular formula is C24H19ClN2O4. The van der Waals surface area contributed by atoms with Crippen LogP contribution >= 0.6 is 11.6 Å². The van der Waals surface area contributed by atoms with Gasteiger partial charge in [-0.05, 0) is 42.0 Å². The van der Waals surface area contributed by atoms with Gasteiger partial charge in [0.05, 0.1) is 12.1 Å². The van der Waals surface area contributed by atoms with Crippen molar-refractivity contribution in [3.63, 3.8) is 0 Å². The first-order valence-corrected chi connectivity index (χ1v) is 9.96. The second-order valence-corrected chi connectivity index (χ2v) is 7.47. The van der Waals surface area contributed by atoms with E-state index in [9.17, 15) is 19.8 Å². The topological polar surface area (TPSA) is 81.1 Å². The average Bonchev–Trinajstić information content (AvgIpc) is 2.79. The summed E-state index contributed by atoms with van der Waals surface area (Å²) in [5.41, 5.74) is 1.66. The summed E-state index contributed by atoms with van der Waals surface area (Å²) in [7, 11) is 0. The summed E-state index contributed by atoms with van der Waals surface area (Å²) < 4.78 is 0. The van der Waals surface area contributed by atoms with Gasteiger partial charge in [0.1, 0.15) is 11.9 Å². The van der Waals surface area contributed by atoms with Gasteiger partial charge in [-0.2, -0.15) is 0 Å². The van der Waals surface area contributed by atoms with Crippen molar-refractivity contribution in [3.05, 3.63) is 107 Å². The fraction of sp³-hybridized carbons (Fsp3) is 0.0833. The van der Waals surface area contributed by atoms with Crippen LogP contribution in [-0.2, 0) is 9.59 Å². The number of aliphatic carboxylic acids is 2. The maximum atomic E-state index is 12.3. The normalized spacial score (nSPS) is 16.4. The molecule has 0 fully saturated rings. The van der Waals surface area contributed by atoms with Gasteiger partial charge in [-0.15, -0.1) is 0 Å². The first-order valence-electron chi connectivity index (χ1n) is 9.58. The number of carbonyl (C=O) groups is 2. The Morgan fingerprint density at radius 3 is 1.90 bits per heavy atom. The van der Waals surface area contributed by atoms with Crippen molar-refractivity contribution in [2.45, 2.75) is 6.17 Å². The molecule has 31 heavy (non-hydrogen) atoms. The first kappa shape index (κ1) is 20.5. The Labute approximate surface area is 184 Å². The standard InChI is InChI=1S/C24H19ClN2O4/c25-17-11-13-19(14-12-17)27-21(24(30)31)20(23(28)29)15-26(18-9-5-2-6-10-18)22(27)16-7-3-1-4-8-16/h1-14,22H,15H2,(H,28,29)(H,30,31). The quantitative estimate of drug-likeness (QED) is 0.601. The van der Waals surface area contributed by atoms with E-state index in [0.29, 0.717) is 10.7 Å². The highest BCUT2D eigenvalue weighted by molar-refractivity contribution is 6.30. The highest BCUT2D eigenvalue weighted by Gasteiger charge is 2.41. The zero-order chi connectivity index (χ0) is 22.0. The molecule has 1 aliphatic heterocycles. The van der Waals surface area contributed by atoms with Gasteiger partial charge < -0.3 is 20.0 Å². The maximum Gasteiger partial charge on any atom is 0.353 e. The number of para-hydroxylation sites is 1. The maximum absolute atomic E-state index is 12.3. The van der Waals surface area contributed by atoms with Crippen molar-refractivity contribution >= 4 is 34.9 Å². The highest BCUT2D eigenvalue weighted by atomic mass is 35.5. The van der Waals surface area contributed by atoms with Crippen molar-refractivity contribution in [3.8, 4) is 0 Å². The minimum Gasteiger partial charge on any atom is -0.478 e. The summed E-state index contributed by atoms with van der Waals surface area (Å²) in [5, 5.41) is 20.4. The van der Waals surface area contributed by atoms with E-state index in [1.54, 1.807) is 29.2 Å². The summed E-state index contributed by atoms with van der Waals surface area (Å²) in [5.74, 6) is -2.58. The second kappa shape index (κ2) is 8.53. The van der Waals surface area contributed by atoms with Crippen LogP contribution in [0.25, 0.3) is 0 Å². The monoisotopic (exact) mass is 434 g/mol. The van der Waals surface area contributed by atoms with Crippen LogP contribution in [0, 0.1) is 0 Å². The molecule has 2 N–H and O–H groups in total. The minimum absolute atomic E-state index is 0.0649. The van der Waals surface area contributed by atoms with E-state index in [1.807, 2.05) is 65.6 Å². The second-order valence-electron chi connectivity index (χ2n) is 7.03. The van der Waals surface area contributed by atoms with Crippen LogP contribution in [0.2, 0.25) is 5.02 Å². The first-order chi connectivity index (χ1) is 15.0. The predicted octanol–water partition coefficient (Wildman–Crippen LogP) is 4.79. The Bertz CT molecular complexity index is 1130. The van der Waals surface area contributed by atoms with Gasteiger partial charge in [-0.1, -0.05) is 60.1 Å². The van der Waals surface area contributed by atoms with Crippen LogP contribution in [0.15, 0.2) is 96.2 Å². The molecule has 0 spiro atoms. The smallest absolute Gasteiger partial charge is 0.353 e. The number of hydrogen-bond donors (Lipinski definition) is 2. The van der Waals surface area contributed by atoms with E-state index in [2.05, 4.69) is 0 Å². The Hall–Kier alpha value is -3.77. The molecule has 3 aromatic rings. The Kier molecular flexibility index (Phi) is 5.64. The van der Waals surface area contributed by atoms with Crippen molar-refractivity contribution in [2.75, 3.05) is 16.3 Å². The van der Waals surface area contributed by atoms with Gasteiger partial charge in [-0.25, -0.2) is 9.59 Å².